The lowest BCUT2D eigenvalue weighted by Gasteiger charge is -1.95. The minimum absolute atomic E-state index is 0.113. The van der Waals surface area contributed by atoms with Gasteiger partial charge < -0.3 is 9.15 Å². The van der Waals surface area contributed by atoms with Crippen LogP contribution in [0.15, 0.2) is 47.4 Å². The summed E-state index contributed by atoms with van der Waals surface area (Å²) >= 11 is 0. The first-order valence-electron chi connectivity index (χ1n) is 4.98. The number of carbonyl (C=O) groups excluding carboxylic acids is 1. The molecule has 0 atom stereocenters. The maximum atomic E-state index is 11.4. The Morgan fingerprint density at radius 3 is 2.82 bits per heavy atom. The van der Waals surface area contributed by atoms with Crippen LogP contribution in [0.2, 0.25) is 0 Å². The second kappa shape index (κ2) is 5.07. The Morgan fingerprint density at radius 2 is 2.12 bits per heavy atom. The van der Waals surface area contributed by atoms with Crippen LogP contribution in [-0.2, 0) is 4.74 Å². The van der Waals surface area contributed by atoms with Gasteiger partial charge in [0.1, 0.15) is 6.61 Å². The van der Waals surface area contributed by atoms with E-state index in [0.29, 0.717) is 0 Å². The molecule has 0 unspecified atom stereocenters. The summed E-state index contributed by atoms with van der Waals surface area (Å²) in [4.78, 5) is 11.4. The first-order valence-corrected chi connectivity index (χ1v) is 4.98. The lowest BCUT2D eigenvalue weighted by molar-refractivity contribution is 0.0505. The molecule has 0 saturated carbocycles. The summed E-state index contributed by atoms with van der Waals surface area (Å²) in [6.45, 7) is 3.55. The Balaban J connectivity index is 2.16. The van der Waals surface area contributed by atoms with Gasteiger partial charge in [-0.3, -0.25) is 0 Å². The maximum Gasteiger partial charge on any atom is 0.396 e. The molecule has 0 bridgehead atoms. The highest BCUT2D eigenvalue weighted by molar-refractivity contribution is 5.84. The van der Waals surface area contributed by atoms with Gasteiger partial charge in [-0.15, -0.1) is 10.2 Å². The molecule has 2 rings (SSSR count). The van der Waals surface area contributed by atoms with E-state index in [9.17, 15) is 4.79 Å². The molecule has 17 heavy (non-hydrogen) atoms. The van der Waals surface area contributed by atoms with Crippen molar-refractivity contribution >= 4 is 5.97 Å². The van der Waals surface area contributed by atoms with E-state index in [-0.39, 0.29) is 18.4 Å². The van der Waals surface area contributed by atoms with Gasteiger partial charge in [-0.2, -0.15) is 0 Å². The summed E-state index contributed by atoms with van der Waals surface area (Å²) in [5.74, 6) is -0.526. The highest BCUT2D eigenvalue weighted by Gasteiger charge is 2.16. The van der Waals surface area contributed by atoms with Crippen molar-refractivity contribution < 1.29 is 13.9 Å². The van der Waals surface area contributed by atoms with E-state index in [1.807, 2.05) is 30.3 Å². The molecule has 0 aliphatic heterocycles. The van der Waals surface area contributed by atoms with Crippen LogP contribution >= 0.6 is 0 Å². The maximum absolute atomic E-state index is 11.4. The number of nitrogens with zero attached hydrogens (tertiary/aromatic N) is 2. The third-order valence-corrected chi connectivity index (χ3v) is 1.95. The Bertz CT molecular complexity index is 520. The van der Waals surface area contributed by atoms with Crippen LogP contribution in [0.25, 0.3) is 11.5 Å². The van der Waals surface area contributed by atoms with E-state index in [4.69, 9.17) is 9.15 Å². The normalized spacial score (nSPS) is 9.88. The Kier molecular flexibility index (Phi) is 3.30. The summed E-state index contributed by atoms with van der Waals surface area (Å²) < 4.78 is 9.97. The van der Waals surface area contributed by atoms with E-state index in [0.717, 1.165) is 5.56 Å². The third kappa shape index (κ3) is 2.57. The summed E-state index contributed by atoms with van der Waals surface area (Å²) in [6, 6.07) is 9.18. The number of rotatable bonds is 4. The minimum atomic E-state index is -0.653. The molecular formula is C12H10N2O3. The first kappa shape index (κ1) is 11.1. The summed E-state index contributed by atoms with van der Waals surface area (Å²) in [5.41, 5.74) is 0.753. The van der Waals surface area contributed by atoms with Crippen LogP contribution in [0.5, 0.6) is 0 Å². The second-order valence-corrected chi connectivity index (χ2v) is 3.17. The fraction of sp³-hybridized carbons (Fsp3) is 0.0833. The third-order valence-electron chi connectivity index (χ3n) is 1.95. The number of hydrogen-bond acceptors (Lipinski definition) is 5. The molecule has 0 aliphatic carbocycles. The van der Waals surface area contributed by atoms with Gasteiger partial charge in [0.2, 0.25) is 5.89 Å². The van der Waals surface area contributed by atoms with Gasteiger partial charge in [0.25, 0.3) is 0 Å². The van der Waals surface area contributed by atoms with Crippen molar-refractivity contribution in [1.82, 2.24) is 10.2 Å². The topological polar surface area (TPSA) is 65.2 Å². The molecule has 0 amide bonds. The van der Waals surface area contributed by atoms with Crippen molar-refractivity contribution in [3.8, 4) is 11.5 Å². The van der Waals surface area contributed by atoms with Crippen LogP contribution in [0, 0.1) is 0 Å². The predicted octanol–water partition coefficient (Wildman–Crippen LogP) is 2.08. The molecule has 0 aliphatic rings. The average Bonchev–Trinajstić information content (AvgIpc) is 2.86. The van der Waals surface area contributed by atoms with Crippen molar-refractivity contribution in [3.05, 3.63) is 48.9 Å². The van der Waals surface area contributed by atoms with Gasteiger partial charge in [-0.1, -0.05) is 30.9 Å². The van der Waals surface area contributed by atoms with Crippen LogP contribution in [0.1, 0.15) is 10.7 Å². The number of ether oxygens (including phenoxy) is 1. The van der Waals surface area contributed by atoms with Crippen molar-refractivity contribution in [1.29, 1.82) is 0 Å². The van der Waals surface area contributed by atoms with E-state index in [1.54, 1.807) is 0 Å². The molecule has 0 saturated heterocycles. The van der Waals surface area contributed by atoms with Crippen LogP contribution in [-0.4, -0.2) is 22.8 Å². The van der Waals surface area contributed by atoms with Crippen molar-refractivity contribution in [2.45, 2.75) is 0 Å². The van der Waals surface area contributed by atoms with Gasteiger partial charge in [0, 0.05) is 5.56 Å². The van der Waals surface area contributed by atoms with Gasteiger partial charge >= 0.3 is 11.9 Å². The zero-order chi connectivity index (χ0) is 12.1. The predicted molar refractivity (Wildman–Crippen MR) is 60.2 cm³/mol. The molecule has 2 aromatic rings. The highest BCUT2D eigenvalue weighted by atomic mass is 16.5. The molecule has 1 heterocycles. The number of hydrogen-bond donors (Lipinski definition) is 0. The monoisotopic (exact) mass is 230 g/mol. The van der Waals surface area contributed by atoms with E-state index >= 15 is 0 Å². The van der Waals surface area contributed by atoms with Crippen LogP contribution in [0.4, 0.5) is 0 Å². The van der Waals surface area contributed by atoms with Gasteiger partial charge in [-0.25, -0.2) is 4.79 Å². The largest absolute Gasteiger partial charge is 0.454 e. The van der Waals surface area contributed by atoms with E-state index in [2.05, 4.69) is 16.8 Å². The molecule has 5 heteroatoms. The Morgan fingerprint density at radius 1 is 1.35 bits per heavy atom. The summed E-state index contributed by atoms with van der Waals surface area (Å²) in [7, 11) is 0. The zero-order valence-corrected chi connectivity index (χ0v) is 9.00. The SMILES string of the molecule is C=CCOC(=O)c1nnc(-c2ccccc2)o1. The van der Waals surface area contributed by atoms with Crippen LogP contribution < -0.4 is 0 Å². The number of benzene rings is 1. The molecule has 0 spiro atoms. The van der Waals surface area contributed by atoms with Crippen molar-refractivity contribution in [2.24, 2.45) is 0 Å². The second-order valence-electron chi connectivity index (χ2n) is 3.17. The molecule has 86 valence electrons. The molecule has 0 radical (unpaired) electrons. The zero-order valence-electron chi connectivity index (χ0n) is 9.00. The number of esters is 1. The van der Waals surface area contributed by atoms with Crippen molar-refractivity contribution in [2.75, 3.05) is 6.61 Å². The summed E-state index contributed by atoms with van der Waals surface area (Å²) in [5, 5.41) is 7.39. The van der Waals surface area contributed by atoms with E-state index in [1.165, 1.54) is 6.08 Å². The lowest BCUT2D eigenvalue weighted by Crippen LogP contribution is -2.05. The fourth-order valence-corrected chi connectivity index (χ4v) is 1.20. The van der Waals surface area contributed by atoms with E-state index < -0.39 is 5.97 Å². The first-order chi connectivity index (χ1) is 8.31. The van der Waals surface area contributed by atoms with Crippen molar-refractivity contribution in [3.63, 3.8) is 0 Å². The quantitative estimate of drug-likeness (QED) is 0.594. The number of aromatic nitrogens is 2. The smallest absolute Gasteiger partial charge is 0.396 e. The lowest BCUT2D eigenvalue weighted by atomic mass is 10.2. The summed E-state index contributed by atoms with van der Waals surface area (Å²) in [6.07, 6.45) is 1.46. The Hall–Kier alpha value is -2.43. The Labute approximate surface area is 97.7 Å². The molecular weight excluding hydrogens is 220 g/mol. The standard InChI is InChI=1S/C12H10N2O3/c1-2-8-16-12(15)11-14-13-10(17-11)9-6-4-3-5-7-9/h2-7H,1,8H2. The molecule has 5 nitrogen and oxygen atoms in total. The van der Waals surface area contributed by atoms with Gasteiger partial charge in [-0.05, 0) is 12.1 Å². The average molecular weight is 230 g/mol. The highest BCUT2D eigenvalue weighted by Crippen LogP contribution is 2.17. The molecule has 0 fully saturated rings. The molecule has 1 aromatic heterocycles. The number of carbonyl (C=O) groups is 1. The fourth-order valence-electron chi connectivity index (χ4n) is 1.20. The molecule has 1 aromatic carbocycles. The van der Waals surface area contributed by atoms with Crippen LogP contribution in [0.3, 0.4) is 0 Å². The van der Waals surface area contributed by atoms with Gasteiger partial charge in [0.05, 0.1) is 0 Å². The molecule has 0 N–H and O–H groups in total. The minimum Gasteiger partial charge on any atom is -0.454 e. The van der Waals surface area contributed by atoms with Gasteiger partial charge in [0.15, 0.2) is 0 Å².